The molecule has 0 saturated carbocycles. The molecule has 0 radical (unpaired) electrons. The lowest BCUT2D eigenvalue weighted by Gasteiger charge is -2.14. The van der Waals surface area contributed by atoms with Gasteiger partial charge in [0.25, 0.3) is 0 Å². The van der Waals surface area contributed by atoms with Crippen LogP contribution in [0.3, 0.4) is 0 Å². The third kappa shape index (κ3) is 6.65. The van der Waals surface area contributed by atoms with E-state index in [0.29, 0.717) is 12.2 Å². The Kier molecular flexibility index (Phi) is 8.11. The standard InChI is InChI=1S/C12H10ClN5.C5H11O8P/c13-9-3-1-8(2-4-9)5-14-11-10-12(16-6-15-10)18-7-17-11;6-3-2(1-12-14(9,10)11)13-5(8)4(3)7/h1-4,6-7H,5H2,(H2,14,15,16,17,18);2-8H,1H2,(H2,9,10,11)/t;2-,3-,4-,5?/m.1/s1. The van der Waals surface area contributed by atoms with Gasteiger partial charge in [-0.25, -0.2) is 19.5 Å². The van der Waals surface area contributed by atoms with Crippen molar-refractivity contribution in [2.45, 2.75) is 31.1 Å². The van der Waals surface area contributed by atoms with E-state index in [9.17, 15) is 4.57 Å². The number of phosphoric ester groups is 1. The largest absolute Gasteiger partial charge is 0.469 e. The molecule has 4 atom stereocenters. The van der Waals surface area contributed by atoms with Crippen molar-refractivity contribution in [3.63, 3.8) is 0 Å². The zero-order valence-electron chi connectivity index (χ0n) is 16.3. The van der Waals surface area contributed by atoms with E-state index in [-0.39, 0.29) is 0 Å². The lowest BCUT2D eigenvalue weighted by atomic mass is 10.1. The van der Waals surface area contributed by atoms with Crippen LogP contribution in [0.4, 0.5) is 5.82 Å². The number of H-pyrrole nitrogens is 1. The molecular formula is C17H21ClN5O8P. The average Bonchev–Trinajstić information content (AvgIpc) is 3.33. The predicted molar refractivity (Wildman–Crippen MR) is 111 cm³/mol. The van der Waals surface area contributed by atoms with Gasteiger partial charge in [-0.1, -0.05) is 23.7 Å². The molecule has 32 heavy (non-hydrogen) atoms. The van der Waals surface area contributed by atoms with Crippen molar-refractivity contribution < 1.29 is 38.9 Å². The van der Waals surface area contributed by atoms with Crippen LogP contribution in [0.5, 0.6) is 0 Å². The number of hydrogen-bond acceptors (Lipinski definition) is 10. The fraction of sp³-hybridized carbons (Fsp3) is 0.353. The highest BCUT2D eigenvalue weighted by Crippen LogP contribution is 2.37. The topological polar surface area (TPSA) is 203 Å². The fourth-order valence-corrected chi connectivity index (χ4v) is 3.19. The van der Waals surface area contributed by atoms with Gasteiger partial charge in [0.2, 0.25) is 0 Å². The van der Waals surface area contributed by atoms with E-state index in [4.69, 9.17) is 36.7 Å². The number of fused-ring (bicyclic) bond motifs is 1. The van der Waals surface area contributed by atoms with Gasteiger partial charge in [-0.05, 0) is 17.7 Å². The summed E-state index contributed by atoms with van der Waals surface area (Å²) < 4.78 is 18.9. The van der Waals surface area contributed by atoms with Gasteiger partial charge < -0.3 is 40.1 Å². The van der Waals surface area contributed by atoms with E-state index in [1.165, 1.54) is 6.33 Å². The van der Waals surface area contributed by atoms with Crippen LogP contribution >= 0.6 is 19.4 Å². The zero-order chi connectivity index (χ0) is 23.3. The first-order valence-corrected chi connectivity index (χ1v) is 11.1. The van der Waals surface area contributed by atoms with Crippen LogP contribution in [0.2, 0.25) is 5.02 Å². The molecule has 15 heteroatoms. The summed E-state index contributed by atoms with van der Waals surface area (Å²) in [5.41, 5.74) is 2.60. The summed E-state index contributed by atoms with van der Waals surface area (Å²) in [7, 11) is -4.64. The molecule has 1 unspecified atom stereocenters. The minimum absolute atomic E-state index is 0.612. The summed E-state index contributed by atoms with van der Waals surface area (Å²) in [6, 6.07) is 7.68. The number of aliphatic hydroxyl groups excluding tert-OH is 3. The first-order valence-electron chi connectivity index (χ1n) is 9.16. The highest BCUT2D eigenvalue weighted by Gasteiger charge is 2.42. The molecule has 0 spiro atoms. The second-order valence-electron chi connectivity index (χ2n) is 6.64. The molecule has 13 nitrogen and oxygen atoms in total. The number of aromatic nitrogens is 4. The number of rotatable bonds is 6. The van der Waals surface area contributed by atoms with Gasteiger partial charge in [0.15, 0.2) is 17.8 Å². The molecule has 1 saturated heterocycles. The summed E-state index contributed by atoms with van der Waals surface area (Å²) in [6.07, 6.45) is -2.57. The van der Waals surface area contributed by atoms with Gasteiger partial charge in [0.1, 0.15) is 30.2 Å². The lowest BCUT2D eigenvalue weighted by Crippen LogP contribution is -2.34. The van der Waals surface area contributed by atoms with Crippen LogP contribution in [-0.2, 0) is 20.4 Å². The van der Waals surface area contributed by atoms with Gasteiger partial charge in [-0.2, -0.15) is 0 Å². The molecular weight excluding hydrogens is 469 g/mol. The van der Waals surface area contributed by atoms with Crippen LogP contribution in [0.15, 0.2) is 36.9 Å². The Labute approximate surface area is 186 Å². The SMILES string of the molecule is Clc1ccc(CNc2ncnc3nc[nH]c23)cc1.O=P(O)(O)OC[C@H]1OC(O)[C@H](O)[C@@H]1O. The Hall–Kier alpha value is -2.19. The summed E-state index contributed by atoms with van der Waals surface area (Å²) in [6.45, 7) is 0.0574. The van der Waals surface area contributed by atoms with Crippen molar-refractivity contribution in [3.05, 3.63) is 47.5 Å². The monoisotopic (exact) mass is 489 g/mol. The second-order valence-corrected chi connectivity index (χ2v) is 8.31. The predicted octanol–water partition coefficient (Wildman–Crippen LogP) is 0.153. The minimum Gasteiger partial charge on any atom is -0.387 e. The smallest absolute Gasteiger partial charge is 0.387 e. The zero-order valence-corrected chi connectivity index (χ0v) is 18.0. The summed E-state index contributed by atoms with van der Waals surface area (Å²) in [4.78, 5) is 32.0. The molecule has 0 bridgehead atoms. The van der Waals surface area contributed by atoms with Gasteiger partial charge in [0, 0.05) is 11.6 Å². The molecule has 7 N–H and O–H groups in total. The molecule has 2 aromatic heterocycles. The van der Waals surface area contributed by atoms with E-state index < -0.39 is 39.0 Å². The van der Waals surface area contributed by atoms with Crippen molar-refractivity contribution in [1.29, 1.82) is 0 Å². The number of halogens is 1. The first kappa shape index (κ1) is 24.5. The number of anilines is 1. The number of nitrogens with zero attached hydrogens (tertiary/aromatic N) is 3. The minimum atomic E-state index is -4.64. The Morgan fingerprint density at radius 3 is 2.47 bits per heavy atom. The van der Waals surface area contributed by atoms with E-state index in [2.05, 4.69) is 34.5 Å². The van der Waals surface area contributed by atoms with Crippen LogP contribution in [0, 0.1) is 0 Å². The quantitative estimate of drug-likeness (QED) is 0.231. The van der Waals surface area contributed by atoms with E-state index in [0.717, 1.165) is 21.9 Å². The summed E-state index contributed by atoms with van der Waals surface area (Å²) in [5, 5.41) is 31.0. The number of imidazole rings is 1. The maximum absolute atomic E-state index is 10.3. The number of benzene rings is 1. The van der Waals surface area contributed by atoms with Crippen molar-refractivity contribution >= 4 is 36.4 Å². The summed E-state index contributed by atoms with van der Waals surface area (Å²) >= 11 is 5.84. The molecule has 1 aliphatic heterocycles. The molecule has 1 fully saturated rings. The number of hydrogen-bond donors (Lipinski definition) is 7. The Balaban J connectivity index is 0.000000188. The average molecular weight is 490 g/mol. The van der Waals surface area contributed by atoms with Crippen molar-refractivity contribution in [2.24, 2.45) is 0 Å². The highest BCUT2D eigenvalue weighted by molar-refractivity contribution is 7.46. The Bertz CT molecular complexity index is 1060. The van der Waals surface area contributed by atoms with Crippen molar-refractivity contribution in [2.75, 3.05) is 11.9 Å². The first-order chi connectivity index (χ1) is 15.1. The normalized spacial score (nSPS) is 23.1. The van der Waals surface area contributed by atoms with Crippen LogP contribution < -0.4 is 5.32 Å². The number of phosphoric acid groups is 1. The Morgan fingerprint density at radius 1 is 1.12 bits per heavy atom. The lowest BCUT2D eigenvalue weighted by molar-refractivity contribution is -0.132. The molecule has 174 valence electrons. The molecule has 1 aromatic carbocycles. The van der Waals surface area contributed by atoms with Crippen molar-refractivity contribution in [1.82, 2.24) is 19.9 Å². The fourth-order valence-electron chi connectivity index (χ4n) is 2.72. The van der Waals surface area contributed by atoms with Gasteiger partial charge in [-0.3, -0.25) is 4.52 Å². The number of aromatic amines is 1. The molecule has 0 aliphatic carbocycles. The maximum Gasteiger partial charge on any atom is 0.469 e. The third-order valence-electron chi connectivity index (χ3n) is 4.34. The second kappa shape index (κ2) is 10.6. The number of nitrogens with one attached hydrogen (secondary N) is 2. The van der Waals surface area contributed by atoms with E-state index in [1.54, 1.807) is 6.33 Å². The van der Waals surface area contributed by atoms with Crippen LogP contribution in [-0.4, -0.2) is 76.3 Å². The number of aliphatic hydroxyl groups is 3. The molecule has 3 aromatic rings. The Morgan fingerprint density at radius 2 is 1.84 bits per heavy atom. The maximum atomic E-state index is 10.3. The van der Waals surface area contributed by atoms with Gasteiger partial charge >= 0.3 is 7.82 Å². The molecule has 3 heterocycles. The van der Waals surface area contributed by atoms with Crippen molar-refractivity contribution in [3.8, 4) is 0 Å². The van der Waals surface area contributed by atoms with Gasteiger partial charge in [0.05, 0.1) is 12.9 Å². The van der Waals surface area contributed by atoms with E-state index in [1.807, 2.05) is 24.3 Å². The molecule has 1 aliphatic rings. The third-order valence-corrected chi connectivity index (χ3v) is 5.08. The molecule has 0 amide bonds. The number of ether oxygens (including phenoxy) is 1. The molecule has 4 rings (SSSR count). The van der Waals surface area contributed by atoms with Crippen LogP contribution in [0.25, 0.3) is 11.2 Å². The van der Waals surface area contributed by atoms with Crippen LogP contribution in [0.1, 0.15) is 5.56 Å². The van der Waals surface area contributed by atoms with Gasteiger partial charge in [-0.15, -0.1) is 0 Å². The van der Waals surface area contributed by atoms with E-state index >= 15 is 0 Å². The summed E-state index contributed by atoms with van der Waals surface area (Å²) in [5.74, 6) is 0.743. The highest BCUT2D eigenvalue weighted by atomic mass is 35.5.